The minimum Gasteiger partial charge on any atom is -0.497 e. The molecular formula is C26H12BF10NO. The van der Waals surface area contributed by atoms with Crippen LogP contribution in [0.2, 0.25) is 0 Å². The van der Waals surface area contributed by atoms with E-state index < -0.39 is 81.3 Å². The van der Waals surface area contributed by atoms with E-state index >= 15 is 0 Å². The Morgan fingerprint density at radius 3 is 1.41 bits per heavy atom. The second-order valence-corrected chi connectivity index (χ2v) is 7.99. The van der Waals surface area contributed by atoms with Crippen LogP contribution in [0.3, 0.4) is 0 Å². The van der Waals surface area contributed by atoms with Crippen molar-refractivity contribution in [2.45, 2.75) is 0 Å². The summed E-state index contributed by atoms with van der Waals surface area (Å²) >= 11 is 0. The van der Waals surface area contributed by atoms with E-state index in [2.05, 4.69) is 4.99 Å². The van der Waals surface area contributed by atoms with Crippen LogP contribution < -0.4 is 21.1 Å². The molecule has 4 rings (SSSR count). The summed E-state index contributed by atoms with van der Waals surface area (Å²) in [6, 6.07) is 10.6. The third-order valence-corrected chi connectivity index (χ3v) is 5.80. The molecule has 0 aromatic heterocycles. The number of ether oxygens (including phenoxy) is 1. The van der Waals surface area contributed by atoms with Gasteiger partial charge in [0.05, 0.1) is 12.8 Å². The summed E-state index contributed by atoms with van der Waals surface area (Å²) in [7, 11) is 1.41. The predicted octanol–water partition coefficient (Wildman–Crippen LogP) is 5.35. The predicted molar refractivity (Wildman–Crippen MR) is 124 cm³/mol. The van der Waals surface area contributed by atoms with Crippen LogP contribution in [0.1, 0.15) is 5.56 Å². The Balaban J connectivity index is 2.05. The topological polar surface area (TPSA) is 21.6 Å². The molecule has 0 radical (unpaired) electrons. The molecule has 200 valence electrons. The lowest BCUT2D eigenvalue weighted by molar-refractivity contribution is 0.382. The summed E-state index contributed by atoms with van der Waals surface area (Å²) in [5, 5.41) is 0. The van der Waals surface area contributed by atoms with Gasteiger partial charge in [0, 0.05) is 17.1 Å². The lowest BCUT2D eigenvalue weighted by atomic mass is 9.35. The van der Waals surface area contributed by atoms with E-state index in [-0.39, 0.29) is 11.3 Å². The molecule has 39 heavy (non-hydrogen) atoms. The van der Waals surface area contributed by atoms with Crippen LogP contribution in [0.15, 0.2) is 53.5 Å². The molecule has 0 aliphatic rings. The van der Waals surface area contributed by atoms with Crippen molar-refractivity contribution in [2.24, 2.45) is 4.99 Å². The molecule has 0 bridgehead atoms. The van der Waals surface area contributed by atoms with Crippen LogP contribution in [0, 0.1) is 58.2 Å². The van der Waals surface area contributed by atoms with Gasteiger partial charge in [-0.3, -0.25) is 4.99 Å². The largest absolute Gasteiger partial charge is 0.497 e. The summed E-state index contributed by atoms with van der Waals surface area (Å²) < 4.78 is 149. The highest BCUT2D eigenvalue weighted by Gasteiger charge is 2.41. The molecular weight excluding hydrogens is 543 g/mol. The lowest BCUT2D eigenvalue weighted by Gasteiger charge is -2.21. The summed E-state index contributed by atoms with van der Waals surface area (Å²) in [6.45, 7) is -2.70. The minimum atomic E-state index is -2.70. The highest BCUT2D eigenvalue weighted by Crippen LogP contribution is 2.22. The van der Waals surface area contributed by atoms with Gasteiger partial charge in [-0.05, 0) is 29.8 Å². The van der Waals surface area contributed by atoms with E-state index in [0.717, 1.165) is 18.3 Å². The van der Waals surface area contributed by atoms with E-state index in [4.69, 9.17) is 4.74 Å². The van der Waals surface area contributed by atoms with E-state index in [1.165, 1.54) is 43.5 Å². The van der Waals surface area contributed by atoms with Gasteiger partial charge in [0.2, 0.25) is 0 Å². The van der Waals surface area contributed by atoms with Crippen LogP contribution in [-0.4, -0.2) is 20.0 Å². The smallest absolute Gasteiger partial charge is 0.257 e. The zero-order valence-electron chi connectivity index (χ0n) is 19.4. The molecule has 0 aliphatic heterocycles. The monoisotopic (exact) mass is 555 g/mol. The molecule has 0 amide bonds. The zero-order chi connectivity index (χ0) is 28.6. The Morgan fingerprint density at radius 2 is 0.974 bits per heavy atom. The van der Waals surface area contributed by atoms with Crippen molar-refractivity contribution < 1.29 is 48.6 Å². The normalized spacial score (nSPS) is 11.4. The highest BCUT2D eigenvalue weighted by molar-refractivity contribution is 6.96. The first-order valence-electron chi connectivity index (χ1n) is 10.8. The maximum absolute atomic E-state index is 14.9. The highest BCUT2D eigenvalue weighted by atomic mass is 19.2. The zero-order valence-corrected chi connectivity index (χ0v) is 19.4. The first kappa shape index (κ1) is 27.7. The minimum absolute atomic E-state index is 0.203. The molecule has 0 N–H and O–H groups in total. The number of hydrogen-bond donors (Lipinski definition) is 0. The number of halogens is 10. The second-order valence-electron chi connectivity index (χ2n) is 7.99. The van der Waals surface area contributed by atoms with Crippen LogP contribution in [0.25, 0.3) is 0 Å². The van der Waals surface area contributed by atoms with E-state index in [9.17, 15) is 43.9 Å². The van der Waals surface area contributed by atoms with Crippen LogP contribution in [0.4, 0.5) is 49.6 Å². The van der Waals surface area contributed by atoms with E-state index in [1.807, 2.05) is 0 Å². The van der Waals surface area contributed by atoms with E-state index in [0.29, 0.717) is 5.75 Å². The van der Waals surface area contributed by atoms with Gasteiger partial charge < -0.3 is 4.74 Å². The number of benzene rings is 4. The Labute approximate surface area is 214 Å². The van der Waals surface area contributed by atoms with Crippen LogP contribution in [0.5, 0.6) is 5.75 Å². The van der Waals surface area contributed by atoms with Gasteiger partial charge >= 0.3 is 0 Å². The fourth-order valence-corrected chi connectivity index (χ4v) is 3.91. The Hall–Kier alpha value is -4.29. The molecule has 0 aliphatic carbocycles. The molecule has 2 nitrogen and oxygen atoms in total. The van der Waals surface area contributed by atoms with Crippen LogP contribution >= 0.6 is 0 Å². The third-order valence-electron chi connectivity index (χ3n) is 5.80. The number of hydrogen-bond acceptors (Lipinski definition) is 2. The van der Waals surface area contributed by atoms with Crippen molar-refractivity contribution in [3.05, 3.63) is 112 Å². The molecule has 0 spiro atoms. The first-order valence-corrected chi connectivity index (χ1v) is 10.8. The Morgan fingerprint density at radius 1 is 0.564 bits per heavy atom. The Kier molecular flexibility index (Phi) is 7.71. The number of rotatable bonds is 6. The van der Waals surface area contributed by atoms with Gasteiger partial charge in [0.15, 0.2) is 58.2 Å². The van der Waals surface area contributed by atoms with Gasteiger partial charge in [-0.25, -0.2) is 43.9 Å². The van der Waals surface area contributed by atoms with Crippen molar-refractivity contribution in [1.29, 1.82) is 0 Å². The molecule has 0 heterocycles. The van der Waals surface area contributed by atoms with Crippen molar-refractivity contribution >= 4 is 35.0 Å². The summed E-state index contributed by atoms with van der Waals surface area (Å²) in [6.07, 6.45) is 1.02. The molecule has 13 heteroatoms. The van der Waals surface area contributed by atoms with Crippen LogP contribution in [-0.2, 0) is 0 Å². The first-order chi connectivity index (χ1) is 18.5. The van der Waals surface area contributed by atoms with Gasteiger partial charge in [0.1, 0.15) is 5.75 Å². The van der Waals surface area contributed by atoms with Gasteiger partial charge in [0.25, 0.3) is 6.71 Å². The molecule has 0 saturated heterocycles. The number of methoxy groups -OCH3 is 1. The summed E-state index contributed by atoms with van der Waals surface area (Å²) in [5.41, 5.74) is -4.18. The standard InChI is InChI=1S/C26H12BF10NO/c1-39-13-8-6-12(7-9-13)38-10-11-4-2-3-5-14(11)27(15-17(28)21(32)25(36)22(33)18(15)29)16-19(30)23(34)26(37)24(35)20(16)31/h2-10H,1H3. The van der Waals surface area contributed by atoms with Gasteiger partial charge in [-0.1, -0.05) is 29.7 Å². The SMILES string of the molecule is COc1ccc(N=Cc2ccccc2B(c2c(F)c(F)c(F)c(F)c2F)c2c(F)c(F)c(F)c(F)c2F)cc1. The average molecular weight is 555 g/mol. The molecule has 0 atom stereocenters. The molecule has 0 saturated carbocycles. The molecule has 0 unspecified atom stereocenters. The fraction of sp³-hybridized carbons (Fsp3) is 0.0385. The fourth-order valence-electron chi connectivity index (χ4n) is 3.91. The van der Waals surface area contributed by atoms with Crippen molar-refractivity contribution in [1.82, 2.24) is 0 Å². The van der Waals surface area contributed by atoms with Gasteiger partial charge in [-0.15, -0.1) is 0 Å². The van der Waals surface area contributed by atoms with Crippen molar-refractivity contribution in [2.75, 3.05) is 7.11 Å². The summed E-state index contributed by atoms with van der Waals surface area (Å²) in [5.74, 6) is -24.7. The maximum atomic E-state index is 14.9. The molecule has 0 fully saturated rings. The quantitative estimate of drug-likeness (QED) is 0.103. The van der Waals surface area contributed by atoms with E-state index in [1.54, 1.807) is 0 Å². The third kappa shape index (κ3) is 4.84. The van der Waals surface area contributed by atoms with Crippen molar-refractivity contribution in [3.63, 3.8) is 0 Å². The number of aliphatic imine (C=N–C) groups is 1. The average Bonchev–Trinajstić information content (AvgIpc) is 2.95. The Bertz CT molecular complexity index is 1480. The molecule has 4 aromatic carbocycles. The van der Waals surface area contributed by atoms with Gasteiger partial charge in [-0.2, -0.15) is 0 Å². The number of nitrogens with zero attached hydrogens (tertiary/aromatic N) is 1. The maximum Gasteiger partial charge on any atom is 0.257 e. The second kappa shape index (κ2) is 10.8. The summed E-state index contributed by atoms with van der Waals surface area (Å²) in [4.78, 5) is 4.10. The van der Waals surface area contributed by atoms with Crippen molar-refractivity contribution in [3.8, 4) is 5.75 Å². The lowest BCUT2D eigenvalue weighted by Crippen LogP contribution is -2.59. The molecule has 4 aromatic rings.